The van der Waals surface area contributed by atoms with Crippen LogP contribution in [0.15, 0.2) is 12.4 Å². The molecule has 0 atom stereocenters. The number of hydrogen-bond donors (Lipinski definition) is 1. The summed E-state index contributed by atoms with van der Waals surface area (Å²) in [5.41, 5.74) is 5.41. The molecule has 0 spiro atoms. The molecule has 0 amide bonds. The molecule has 3 heteroatoms. The smallest absolute Gasteiger partial charge is 0.253 e. The third-order valence-corrected chi connectivity index (χ3v) is 2.00. The lowest BCUT2D eigenvalue weighted by Gasteiger charge is -1.95. The van der Waals surface area contributed by atoms with Crippen molar-refractivity contribution >= 4 is 0 Å². The van der Waals surface area contributed by atoms with Crippen molar-refractivity contribution in [2.75, 3.05) is 6.54 Å². The van der Waals surface area contributed by atoms with E-state index in [0.717, 1.165) is 19.5 Å². The Morgan fingerprint density at radius 3 is 2.82 bits per heavy atom. The fraction of sp³-hybridized carbons (Fsp3) is 0.625. The molecule has 0 aliphatic heterocycles. The standard InChI is InChI=1S/C8H16N3/c1-8-10(2)6-7-11(8)5-3-4-9/h6-7H,3-5,9H2,1-2H3/q+1. The number of aryl methyl sites for hydroxylation is 2. The van der Waals surface area contributed by atoms with E-state index in [9.17, 15) is 0 Å². The van der Waals surface area contributed by atoms with Crippen LogP contribution < -0.4 is 10.3 Å². The molecule has 0 aliphatic carbocycles. The van der Waals surface area contributed by atoms with Crippen molar-refractivity contribution in [3.8, 4) is 0 Å². The van der Waals surface area contributed by atoms with Gasteiger partial charge in [0.2, 0.25) is 0 Å². The number of hydrogen-bond acceptors (Lipinski definition) is 1. The molecule has 0 saturated carbocycles. The minimum Gasteiger partial charge on any atom is -0.330 e. The molecule has 1 heterocycles. The Labute approximate surface area is 67.4 Å². The van der Waals surface area contributed by atoms with Crippen LogP contribution in [0.25, 0.3) is 0 Å². The number of rotatable bonds is 3. The summed E-state index contributed by atoms with van der Waals surface area (Å²) >= 11 is 0. The minimum absolute atomic E-state index is 0.765. The maximum Gasteiger partial charge on any atom is 0.253 e. The lowest BCUT2D eigenvalue weighted by atomic mass is 10.4. The first kappa shape index (κ1) is 8.27. The summed E-state index contributed by atoms with van der Waals surface area (Å²) in [6.07, 6.45) is 5.20. The Kier molecular flexibility index (Phi) is 2.65. The fourth-order valence-corrected chi connectivity index (χ4v) is 1.10. The van der Waals surface area contributed by atoms with Crippen LogP contribution in [0.1, 0.15) is 12.2 Å². The van der Waals surface area contributed by atoms with Crippen LogP contribution in [-0.2, 0) is 13.6 Å². The molecule has 1 aromatic rings. The summed E-state index contributed by atoms with van der Waals surface area (Å²) in [6.45, 7) is 3.90. The predicted molar refractivity (Wildman–Crippen MR) is 44.0 cm³/mol. The quantitative estimate of drug-likeness (QED) is 0.610. The van der Waals surface area contributed by atoms with Gasteiger partial charge in [-0.25, -0.2) is 9.13 Å². The Balaban J connectivity index is 2.63. The molecule has 0 radical (unpaired) electrons. The van der Waals surface area contributed by atoms with Gasteiger partial charge < -0.3 is 5.73 Å². The summed E-state index contributed by atoms with van der Waals surface area (Å²) in [5.74, 6) is 1.28. The molecule has 0 unspecified atom stereocenters. The Hall–Kier alpha value is -0.830. The first-order valence-corrected chi connectivity index (χ1v) is 3.97. The highest BCUT2D eigenvalue weighted by Crippen LogP contribution is 1.93. The zero-order valence-corrected chi connectivity index (χ0v) is 7.25. The third kappa shape index (κ3) is 1.80. The van der Waals surface area contributed by atoms with Crippen LogP contribution in [0.4, 0.5) is 0 Å². The summed E-state index contributed by atoms with van der Waals surface area (Å²) in [5, 5.41) is 0. The van der Waals surface area contributed by atoms with Crippen LogP contribution >= 0.6 is 0 Å². The average Bonchev–Trinajstić information content (AvgIpc) is 2.31. The Bertz CT molecular complexity index is 227. The van der Waals surface area contributed by atoms with Gasteiger partial charge in [-0.3, -0.25) is 0 Å². The highest BCUT2D eigenvalue weighted by molar-refractivity contribution is 4.78. The molecule has 0 fully saturated rings. The van der Waals surface area contributed by atoms with Crippen molar-refractivity contribution in [3.05, 3.63) is 18.2 Å². The van der Waals surface area contributed by atoms with Crippen molar-refractivity contribution in [2.24, 2.45) is 12.8 Å². The van der Waals surface area contributed by atoms with E-state index in [4.69, 9.17) is 5.73 Å². The van der Waals surface area contributed by atoms with Crippen LogP contribution in [-0.4, -0.2) is 11.1 Å². The molecule has 0 bridgehead atoms. The molecule has 1 aromatic heterocycles. The predicted octanol–water partition coefficient (Wildman–Crippen LogP) is -0.0302. The van der Waals surface area contributed by atoms with E-state index < -0.39 is 0 Å². The molecule has 2 N–H and O–H groups in total. The van der Waals surface area contributed by atoms with Crippen LogP contribution in [0, 0.1) is 6.92 Å². The lowest BCUT2D eigenvalue weighted by Crippen LogP contribution is -2.29. The van der Waals surface area contributed by atoms with Gasteiger partial charge in [0.05, 0.1) is 13.6 Å². The second-order valence-corrected chi connectivity index (χ2v) is 2.79. The minimum atomic E-state index is 0.765. The van der Waals surface area contributed by atoms with Gasteiger partial charge in [0.1, 0.15) is 12.4 Å². The summed E-state index contributed by atoms with van der Waals surface area (Å²) < 4.78 is 4.32. The van der Waals surface area contributed by atoms with Gasteiger partial charge in [-0.2, -0.15) is 0 Å². The van der Waals surface area contributed by atoms with Crippen molar-refractivity contribution in [2.45, 2.75) is 19.9 Å². The van der Waals surface area contributed by atoms with Gasteiger partial charge in [-0.15, -0.1) is 0 Å². The van der Waals surface area contributed by atoms with Crippen LogP contribution in [0.3, 0.4) is 0 Å². The second kappa shape index (κ2) is 3.53. The molecule has 3 nitrogen and oxygen atoms in total. The highest BCUT2D eigenvalue weighted by Gasteiger charge is 2.06. The number of nitrogens with two attached hydrogens (primary N) is 1. The SMILES string of the molecule is Cc1n(CCCN)cc[n+]1C. The molecule has 0 aliphatic rings. The number of nitrogens with zero attached hydrogens (tertiary/aromatic N) is 2. The van der Waals surface area contributed by atoms with E-state index >= 15 is 0 Å². The number of imidazole rings is 1. The largest absolute Gasteiger partial charge is 0.330 e. The van der Waals surface area contributed by atoms with E-state index in [2.05, 4.69) is 28.5 Å². The van der Waals surface area contributed by atoms with E-state index in [1.54, 1.807) is 0 Å². The maximum absolute atomic E-state index is 5.41. The normalized spacial score (nSPS) is 10.5. The topological polar surface area (TPSA) is 34.8 Å². The summed E-state index contributed by atoms with van der Waals surface area (Å²) in [6, 6.07) is 0. The van der Waals surface area contributed by atoms with Crippen LogP contribution in [0.5, 0.6) is 0 Å². The van der Waals surface area contributed by atoms with E-state index in [1.165, 1.54) is 5.82 Å². The molecule has 0 saturated heterocycles. The second-order valence-electron chi connectivity index (χ2n) is 2.79. The van der Waals surface area contributed by atoms with Crippen molar-refractivity contribution in [3.63, 3.8) is 0 Å². The Morgan fingerprint density at radius 1 is 1.64 bits per heavy atom. The van der Waals surface area contributed by atoms with Gasteiger partial charge in [-0.1, -0.05) is 0 Å². The van der Waals surface area contributed by atoms with Gasteiger partial charge in [0, 0.05) is 6.92 Å². The monoisotopic (exact) mass is 154 g/mol. The van der Waals surface area contributed by atoms with Crippen LogP contribution in [0.2, 0.25) is 0 Å². The molecule has 0 aromatic carbocycles. The average molecular weight is 154 g/mol. The molecule has 62 valence electrons. The van der Waals surface area contributed by atoms with Crippen molar-refractivity contribution < 1.29 is 4.57 Å². The van der Waals surface area contributed by atoms with Gasteiger partial charge in [0.25, 0.3) is 5.82 Å². The summed E-state index contributed by atoms with van der Waals surface area (Å²) in [4.78, 5) is 0. The van der Waals surface area contributed by atoms with E-state index in [1.807, 2.05) is 7.05 Å². The molecule has 11 heavy (non-hydrogen) atoms. The van der Waals surface area contributed by atoms with Gasteiger partial charge in [-0.05, 0) is 13.0 Å². The third-order valence-electron chi connectivity index (χ3n) is 2.00. The van der Waals surface area contributed by atoms with E-state index in [0.29, 0.717) is 0 Å². The fourth-order valence-electron chi connectivity index (χ4n) is 1.10. The number of aromatic nitrogens is 2. The van der Waals surface area contributed by atoms with Crippen molar-refractivity contribution in [1.29, 1.82) is 0 Å². The maximum atomic E-state index is 5.41. The zero-order chi connectivity index (χ0) is 8.27. The van der Waals surface area contributed by atoms with Gasteiger partial charge in [0.15, 0.2) is 0 Å². The first-order valence-electron chi connectivity index (χ1n) is 3.97. The highest BCUT2D eigenvalue weighted by atomic mass is 15.1. The Morgan fingerprint density at radius 2 is 2.36 bits per heavy atom. The van der Waals surface area contributed by atoms with E-state index in [-0.39, 0.29) is 0 Å². The van der Waals surface area contributed by atoms with Gasteiger partial charge >= 0.3 is 0 Å². The molecular formula is C8H16N3+. The molecule has 1 rings (SSSR count). The summed E-state index contributed by atoms with van der Waals surface area (Å²) in [7, 11) is 2.05. The van der Waals surface area contributed by atoms with Crippen molar-refractivity contribution in [1.82, 2.24) is 4.57 Å². The first-order chi connectivity index (χ1) is 5.25. The lowest BCUT2D eigenvalue weighted by molar-refractivity contribution is -0.677. The zero-order valence-electron chi connectivity index (χ0n) is 7.25. The molecular weight excluding hydrogens is 138 g/mol.